The number of hydrogen-bond donors (Lipinski definition) is 1. The van der Waals surface area contributed by atoms with Gasteiger partial charge in [0.05, 0.1) is 26.7 Å². The minimum atomic E-state index is -0.821. The molecule has 0 saturated carbocycles. The number of carbonyl (C=O) groups is 2. The molecule has 0 aromatic heterocycles. The first-order chi connectivity index (χ1) is 11.6. The highest BCUT2D eigenvalue weighted by Gasteiger charge is 2.31. The van der Waals surface area contributed by atoms with Gasteiger partial charge in [-0.15, -0.1) is 0 Å². The predicted molar refractivity (Wildman–Crippen MR) is 96.3 cm³/mol. The molecular formula is C18H17Cl2FN2O2. The Morgan fingerprint density at radius 2 is 1.60 bits per heavy atom. The molecule has 0 aliphatic carbocycles. The van der Waals surface area contributed by atoms with Crippen LogP contribution in [0, 0.1) is 5.82 Å². The van der Waals surface area contributed by atoms with Crippen molar-refractivity contribution in [3.05, 3.63) is 69.5 Å². The maximum atomic E-state index is 14.0. The lowest BCUT2D eigenvalue weighted by atomic mass is 10.1. The van der Waals surface area contributed by atoms with Crippen LogP contribution in [0.5, 0.6) is 0 Å². The minimum absolute atomic E-state index is 0.0449. The maximum Gasteiger partial charge on any atom is 0.274 e. The Morgan fingerprint density at radius 3 is 2.16 bits per heavy atom. The second kappa shape index (κ2) is 7.42. The van der Waals surface area contributed by atoms with Crippen molar-refractivity contribution >= 4 is 35.0 Å². The number of halogens is 3. The Kier molecular flexibility index (Phi) is 5.70. The number of nitrogens with one attached hydrogen (secondary N) is 1. The third-order valence-electron chi connectivity index (χ3n) is 3.38. The molecule has 0 fully saturated rings. The van der Waals surface area contributed by atoms with E-state index in [-0.39, 0.29) is 21.2 Å². The summed E-state index contributed by atoms with van der Waals surface area (Å²) in [5.74, 6) is -2.11. The van der Waals surface area contributed by atoms with Gasteiger partial charge in [-0.2, -0.15) is 0 Å². The van der Waals surface area contributed by atoms with Crippen molar-refractivity contribution in [2.24, 2.45) is 0 Å². The van der Waals surface area contributed by atoms with Gasteiger partial charge in [0, 0.05) is 0 Å². The number of hydrogen-bond acceptors (Lipinski definition) is 2. The van der Waals surface area contributed by atoms with Crippen molar-refractivity contribution in [1.82, 2.24) is 10.4 Å². The summed E-state index contributed by atoms with van der Waals surface area (Å²) in [4.78, 5) is 25.4. The largest absolute Gasteiger partial charge is 0.274 e. The molecule has 2 amide bonds. The van der Waals surface area contributed by atoms with Gasteiger partial charge in [0.15, 0.2) is 0 Å². The van der Waals surface area contributed by atoms with Gasteiger partial charge in [-0.1, -0.05) is 41.4 Å². The molecule has 0 bridgehead atoms. The van der Waals surface area contributed by atoms with Gasteiger partial charge < -0.3 is 0 Å². The number of carbonyl (C=O) groups excluding carboxylic acids is 2. The van der Waals surface area contributed by atoms with Crippen LogP contribution in [-0.4, -0.2) is 22.4 Å². The molecule has 0 spiro atoms. The molecule has 0 heterocycles. The number of benzene rings is 2. The van der Waals surface area contributed by atoms with Gasteiger partial charge in [0.1, 0.15) is 5.82 Å². The fourth-order valence-corrected chi connectivity index (χ4v) is 2.62. The van der Waals surface area contributed by atoms with E-state index in [2.05, 4.69) is 5.43 Å². The molecule has 7 heteroatoms. The van der Waals surface area contributed by atoms with Gasteiger partial charge in [0.25, 0.3) is 11.8 Å². The van der Waals surface area contributed by atoms with Gasteiger partial charge >= 0.3 is 0 Å². The standard InChI is InChI=1S/C18H17Cl2FN2O2/c1-18(2,3)23(17(25)11-7-4-5-8-12(11)19)22-16(24)15-13(20)9-6-10-14(15)21/h4-10H,1-3H3,(H,22,24). The monoisotopic (exact) mass is 382 g/mol. The molecule has 0 unspecified atom stereocenters. The number of hydrazine groups is 1. The van der Waals surface area contributed by atoms with Gasteiger partial charge in [-0.3, -0.25) is 15.0 Å². The minimum Gasteiger partial charge on any atom is -0.267 e. The van der Waals surface area contributed by atoms with Crippen molar-refractivity contribution in [3.8, 4) is 0 Å². The first-order valence-corrected chi connectivity index (χ1v) is 8.22. The van der Waals surface area contributed by atoms with Gasteiger partial charge in [0.2, 0.25) is 0 Å². The molecule has 0 saturated heterocycles. The highest BCUT2D eigenvalue weighted by atomic mass is 35.5. The summed E-state index contributed by atoms with van der Waals surface area (Å²) in [5.41, 5.74) is 1.55. The number of nitrogens with zero attached hydrogens (tertiary/aromatic N) is 1. The highest BCUT2D eigenvalue weighted by Crippen LogP contribution is 2.23. The van der Waals surface area contributed by atoms with Crippen molar-refractivity contribution in [2.75, 3.05) is 0 Å². The quantitative estimate of drug-likeness (QED) is 0.763. The van der Waals surface area contributed by atoms with E-state index in [0.29, 0.717) is 0 Å². The zero-order valence-electron chi connectivity index (χ0n) is 13.9. The van der Waals surface area contributed by atoms with Crippen molar-refractivity contribution in [3.63, 3.8) is 0 Å². The number of amides is 2. The van der Waals surface area contributed by atoms with E-state index in [1.54, 1.807) is 45.0 Å². The first-order valence-electron chi connectivity index (χ1n) is 7.47. The SMILES string of the molecule is CC(C)(C)N(NC(=O)c1c(F)cccc1Cl)C(=O)c1ccccc1Cl. The lowest BCUT2D eigenvalue weighted by Gasteiger charge is -2.35. The average Bonchev–Trinajstić information content (AvgIpc) is 2.51. The molecule has 0 aliphatic rings. The second-order valence-corrected chi connectivity index (χ2v) is 7.14. The predicted octanol–water partition coefficient (Wildman–Crippen LogP) is 4.72. The third-order valence-corrected chi connectivity index (χ3v) is 4.03. The normalized spacial score (nSPS) is 11.1. The highest BCUT2D eigenvalue weighted by molar-refractivity contribution is 6.34. The van der Waals surface area contributed by atoms with Crippen LogP contribution in [0.15, 0.2) is 42.5 Å². The van der Waals surface area contributed by atoms with Crippen LogP contribution in [-0.2, 0) is 0 Å². The fourth-order valence-electron chi connectivity index (χ4n) is 2.15. The summed E-state index contributed by atoms with van der Waals surface area (Å²) in [6.07, 6.45) is 0. The molecule has 0 atom stereocenters. The number of rotatable bonds is 2. The summed E-state index contributed by atoms with van der Waals surface area (Å²) < 4.78 is 14.0. The fraction of sp³-hybridized carbons (Fsp3) is 0.222. The van der Waals surface area contributed by atoms with E-state index < -0.39 is 23.2 Å². The van der Waals surface area contributed by atoms with Gasteiger partial charge in [-0.25, -0.2) is 9.40 Å². The zero-order valence-corrected chi connectivity index (χ0v) is 15.5. The summed E-state index contributed by atoms with van der Waals surface area (Å²) in [6.45, 7) is 5.18. The topological polar surface area (TPSA) is 49.4 Å². The van der Waals surface area contributed by atoms with E-state index in [9.17, 15) is 14.0 Å². The van der Waals surface area contributed by atoms with E-state index in [1.807, 2.05) is 0 Å². The van der Waals surface area contributed by atoms with Crippen LogP contribution >= 0.6 is 23.2 Å². The molecule has 132 valence electrons. The van der Waals surface area contributed by atoms with Crippen LogP contribution in [0.2, 0.25) is 10.0 Å². The van der Waals surface area contributed by atoms with Crippen LogP contribution in [0.1, 0.15) is 41.5 Å². The molecule has 4 nitrogen and oxygen atoms in total. The first kappa shape index (κ1) is 19.2. The van der Waals surface area contributed by atoms with Crippen LogP contribution < -0.4 is 5.43 Å². The van der Waals surface area contributed by atoms with Gasteiger partial charge in [-0.05, 0) is 45.0 Å². The molecular weight excluding hydrogens is 366 g/mol. The molecule has 2 aromatic rings. The van der Waals surface area contributed by atoms with E-state index in [1.165, 1.54) is 12.1 Å². The van der Waals surface area contributed by atoms with Crippen LogP contribution in [0.3, 0.4) is 0 Å². The Labute approximate surface area is 155 Å². The van der Waals surface area contributed by atoms with Crippen LogP contribution in [0.25, 0.3) is 0 Å². The van der Waals surface area contributed by atoms with Crippen molar-refractivity contribution in [2.45, 2.75) is 26.3 Å². The summed E-state index contributed by atoms with van der Waals surface area (Å²) in [7, 11) is 0. The van der Waals surface area contributed by atoms with Crippen molar-refractivity contribution in [1.29, 1.82) is 0 Å². The van der Waals surface area contributed by atoms with Crippen LogP contribution in [0.4, 0.5) is 4.39 Å². The second-order valence-electron chi connectivity index (χ2n) is 6.33. The van der Waals surface area contributed by atoms with Crippen molar-refractivity contribution < 1.29 is 14.0 Å². The average molecular weight is 383 g/mol. The van der Waals surface area contributed by atoms with E-state index in [4.69, 9.17) is 23.2 Å². The lowest BCUT2D eigenvalue weighted by Crippen LogP contribution is -2.56. The Balaban J connectivity index is 2.38. The molecule has 2 rings (SSSR count). The third kappa shape index (κ3) is 4.30. The zero-order chi connectivity index (χ0) is 18.8. The lowest BCUT2D eigenvalue weighted by molar-refractivity contribution is 0.0357. The Bertz CT molecular complexity index is 799. The molecule has 0 aliphatic heterocycles. The van der Waals surface area contributed by atoms with E-state index in [0.717, 1.165) is 11.1 Å². The maximum absolute atomic E-state index is 14.0. The molecule has 2 aromatic carbocycles. The molecule has 25 heavy (non-hydrogen) atoms. The van der Waals surface area contributed by atoms with E-state index >= 15 is 0 Å². The smallest absolute Gasteiger partial charge is 0.267 e. The molecule has 1 N–H and O–H groups in total. The Morgan fingerprint density at radius 1 is 1.00 bits per heavy atom. The molecule has 0 radical (unpaired) electrons. The summed E-state index contributed by atoms with van der Waals surface area (Å²) in [6, 6.07) is 10.4. The summed E-state index contributed by atoms with van der Waals surface area (Å²) in [5, 5.41) is 1.32. The summed E-state index contributed by atoms with van der Waals surface area (Å²) >= 11 is 12.0. The Hall–Kier alpha value is -2.11.